The molecule has 2 amide bonds. The van der Waals surface area contributed by atoms with E-state index in [1.807, 2.05) is 12.1 Å². The van der Waals surface area contributed by atoms with Crippen LogP contribution >= 0.6 is 27.5 Å². The van der Waals surface area contributed by atoms with E-state index in [1.165, 1.54) is 21.9 Å². The molecular weight excluding hydrogens is 439 g/mol. The summed E-state index contributed by atoms with van der Waals surface area (Å²) in [5, 5.41) is 9.41. The number of nitrogens with zero attached hydrogens (tertiary/aromatic N) is 2. The van der Waals surface area contributed by atoms with Gasteiger partial charge in [-0.25, -0.2) is 9.18 Å². The predicted molar refractivity (Wildman–Crippen MR) is 104 cm³/mol. The Labute approximate surface area is 169 Å². The van der Waals surface area contributed by atoms with Crippen LogP contribution in [-0.4, -0.2) is 35.1 Å². The first-order valence-electron chi connectivity index (χ1n) is 8.32. The topological polar surface area (TPSA) is 60.9 Å². The monoisotopic (exact) mass is 454 g/mol. The van der Waals surface area contributed by atoms with Crippen molar-refractivity contribution in [2.45, 2.75) is 13.0 Å². The van der Waals surface area contributed by atoms with E-state index in [0.717, 1.165) is 4.47 Å². The van der Waals surface area contributed by atoms with Gasteiger partial charge in [0.15, 0.2) is 0 Å². The molecule has 0 aromatic heterocycles. The van der Waals surface area contributed by atoms with Gasteiger partial charge in [0.25, 0.3) is 0 Å². The zero-order chi connectivity index (χ0) is 19.6. The highest BCUT2D eigenvalue weighted by molar-refractivity contribution is 9.10. The third kappa shape index (κ3) is 4.59. The average molecular weight is 456 g/mol. The molecule has 0 spiro atoms. The number of urea groups is 1. The maximum absolute atomic E-state index is 14.2. The molecule has 0 aliphatic carbocycles. The number of rotatable bonds is 5. The Kier molecular flexibility index (Phi) is 6.01. The van der Waals surface area contributed by atoms with E-state index in [-0.39, 0.29) is 48.6 Å². The van der Waals surface area contributed by atoms with Gasteiger partial charge in [0.05, 0.1) is 13.0 Å². The predicted octanol–water partition coefficient (Wildman–Crippen LogP) is 4.77. The van der Waals surface area contributed by atoms with E-state index < -0.39 is 11.8 Å². The molecule has 0 radical (unpaired) electrons. The molecule has 2 aromatic carbocycles. The number of aliphatic carboxylic acids is 1. The molecule has 1 atom stereocenters. The van der Waals surface area contributed by atoms with Gasteiger partial charge in [-0.3, -0.25) is 9.69 Å². The number of halogens is 3. The summed E-state index contributed by atoms with van der Waals surface area (Å²) in [6.45, 7) is 0.491. The Morgan fingerprint density at radius 1 is 1.22 bits per heavy atom. The van der Waals surface area contributed by atoms with Gasteiger partial charge in [-0.15, -0.1) is 0 Å². The first kappa shape index (κ1) is 19.6. The zero-order valence-electron chi connectivity index (χ0n) is 14.2. The zero-order valence-corrected chi connectivity index (χ0v) is 16.6. The quantitative estimate of drug-likeness (QED) is 0.706. The number of carboxylic acid groups (broad SMARTS) is 1. The minimum absolute atomic E-state index is 0.0204. The highest BCUT2D eigenvalue weighted by Crippen LogP contribution is 2.28. The first-order valence-corrected chi connectivity index (χ1v) is 9.49. The molecule has 5 nitrogen and oxygen atoms in total. The van der Waals surface area contributed by atoms with E-state index in [0.29, 0.717) is 5.69 Å². The van der Waals surface area contributed by atoms with Gasteiger partial charge in [0.1, 0.15) is 5.82 Å². The summed E-state index contributed by atoms with van der Waals surface area (Å²) in [5.41, 5.74) is 0.877. The van der Waals surface area contributed by atoms with Crippen molar-refractivity contribution in [3.05, 3.63) is 63.3 Å². The van der Waals surface area contributed by atoms with Crippen molar-refractivity contribution in [1.29, 1.82) is 0 Å². The van der Waals surface area contributed by atoms with Crippen molar-refractivity contribution in [2.24, 2.45) is 5.92 Å². The fourth-order valence-corrected chi connectivity index (χ4v) is 3.66. The number of anilines is 1. The second kappa shape index (κ2) is 8.27. The third-order valence-corrected chi connectivity index (χ3v) is 5.32. The first-order chi connectivity index (χ1) is 12.8. The van der Waals surface area contributed by atoms with E-state index >= 15 is 0 Å². The summed E-state index contributed by atoms with van der Waals surface area (Å²) in [6, 6.07) is 11.2. The maximum atomic E-state index is 14.2. The van der Waals surface area contributed by atoms with Crippen LogP contribution < -0.4 is 4.90 Å². The van der Waals surface area contributed by atoms with Gasteiger partial charge < -0.3 is 10.0 Å². The molecule has 1 aliphatic rings. The standard InChI is InChI=1S/C19H17BrClFN2O3/c20-13-4-6-14(7-5-13)24-10-12(8-18(25)26)9-23(19(24)27)11-15-16(21)2-1-3-17(15)22/h1-7,12H,8-11H2,(H,25,26). The summed E-state index contributed by atoms with van der Waals surface area (Å²) in [4.78, 5) is 27.2. The highest BCUT2D eigenvalue weighted by Gasteiger charge is 2.34. The second-order valence-corrected chi connectivity index (χ2v) is 7.74. The lowest BCUT2D eigenvalue weighted by Crippen LogP contribution is -2.53. The molecule has 1 unspecified atom stereocenters. The van der Waals surface area contributed by atoms with Gasteiger partial charge in [0, 0.05) is 39.8 Å². The molecule has 1 fully saturated rings. The van der Waals surface area contributed by atoms with Crippen molar-refractivity contribution >= 4 is 45.2 Å². The summed E-state index contributed by atoms with van der Waals surface area (Å²) >= 11 is 9.45. The Morgan fingerprint density at radius 2 is 1.93 bits per heavy atom. The number of carbonyl (C=O) groups excluding carboxylic acids is 1. The Bertz CT molecular complexity index is 842. The average Bonchev–Trinajstić information content (AvgIpc) is 2.61. The van der Waals surface area contributed by atoms with Gasteiger partial charge in [0.2, 0.25) is 0 Å². The molecule has 0 bridgehead atoms. The SMILES string of the molecule is O=C(O)CC1CN(Cc2c(F)cccc2Cl)C(=O)N(c2ccc(Br)cc2)C1. The van der Waals surface area contributed by atoms with Crippen LogP contribution in [-0.2, 0) is 11.3 Å². The van der Waals surface area contributed by atoms with Crippen LogP contribution in [0.3, 0.4) is 0 Å². The van der Waals surface area contributed by atoms with Crippen LogP contribution in [0, 0.1) is 11.7 Å². The van der Waals surface area contributed by atoms with E-state index in [2.05, 4.69) is 15.9 Å². The fourth-order valence-electron chi connectivity index (χ4n) is 3.17. The number of hydrogen-bond donors (Lipinski definition) is 1. The molecule has 27 heavy (non-hydrogen) atoms. The lowest BCUT2D eigenvalue weighted by atomic mass is 10.0. The van der Waals surface area contributed by atoms with E-state index in [4.69, 9.17) is 11.6 Å². The third-order valence-electron chi connectivity index (χ3n) is 4.43. The Morgan fingerprint density at radius 3 is 2.56 bits per heavy atom. The molecule has 1 N–H and O–H groups in total. The van der Waals surface area contributed by atoms with Gasteiger partial charge >= 0.3 is 12.0 Å². The number of hydrogen-bond acceptors (Lipinski definition) is 2. The molecule has 1 aliphatic heterocycles. The molecule has 142 valence electrons. The summed E-state index contributed by atoms with van der Waals surface area (Å²) in [6.07, 6.45) is -0.0815. The van der Waals surface area contributed by atoms with E-state index in [9.17, 15) is 19.1 Å². The van der Waals surface area contributed by atoms with E-state index in [1.54, 1.807) is 18.2 Å². The van der Waals surface area contributed by atoms with Crippen molar-refractivity contribution in [1.82, 2.24) is 4.90 Å². The summed E-state index contributed by atoms with van der Waals surface area (Å²) < 4.78 is 15.0. The van der Waals surface area contributed by atoms with Crippen LogP contribution in [0.15, 0.2) is 46.9 Å². The largest absolute Gasteiger partial charge is 0.481 e. The fraction of sp³-hybridized carbons (Fsp3) is 0.263. The van der Waals surface area contributed by atoms with Crippen molar-refractivity contribution in [3.8, 4) is 0 Å². The van der Waals surface area contributed by atoms with Gasteiger partial charge in [-0.05, 0) is 36.4 Å². The van der Waals surface area contributed by atoms with Crippen molar-refractivity contribution in [2.75, 3.05) is 18.0 Å². The van der Waals surface area contributed by atoms with Crippen LogP contribution in [0.4, 0.5) is 14.9 Å². The van der Waals surface area contributed by atoms with Crippen molar-refractivity contribution < 1.29 is 19.1 Å². The normalized spacial score (nSPS) is 17.3. The summed E-state index contributed by atoms with van der Waals surface area (Å²) in [7, 11) is 0. The molecule has 8 heteroatoms. The minimum Gasteiger partial charge on any atom is -0.481 e. The molecular formula is C19H17BrClFN2O3. The molecule has 3 rings (SSSR count). The Balaban J connectivity index is 1.90. The molecule has 1 heterocycles. The molecule has 2 aromatic rings. The second-order valence-electron chi connectivity index (χ2n) is 6.41. The van der Waals surface area contributed by atoms with Gasteiger partial charge in [-0.2, -0.15) is 0 Å². The number of amides is 2. The maximum Gasteiger partial charge on any atom is 0.324 e. The Hall–Kier alpha value is -2.12. The minimum atomic E-state index is -0.936. The van der Waals surface area contributed by atoms with Crippen LogP contribution in [0.5, 0.6) is 0 Å². The lowest BCUT2D eigenvalue weighted by Gasteiger charge is -2.40. The lowest BCUT2D eigenvalue weighted by molar-refractivity contribution is -0.138. The summed E-state index contributed by atoms with van der Waals surface area (Å²) in [5.74, 6) is -1.71. The van der Waals surface area contributed by atoms with Crippen LogP contribution in [0.25, 0.3) is 0 Å². The molecule has 0 saturated carbocycles. The van der Waals surface area contributed by atoms with Gasteiger partial charge in [-0.1, -0.05) is 33.6 Å². The number of carbonyl (C=O) groups is 2. The van der Waals surface area contributed by atoms with Crippen LogP contribution in [0.2, 0.25) is 5.02 Å². The smallest absolute Gasteiger partial charge is 0.324 e. The number of carboxylic acids is 1. The number of benzene rings is 2. The van der Waals surface area contributed by atoms with Crippen molar-refractivity contribution in [3.63, 3.8) is 0 Å². The molecule has 1 saturated heterocycles. The van der Waals surface area contributed by atoms with Crippen LogP contribution in [0.1, 0.15) is 12.0 Å². The highest BCUT2D eigenvalue weighted by atomic mass is 79.9.